The summed E-state index contributed by atoms with van der Waals surface area (Å²) < 4.78 is 44.5. The van der Waals surface area contributed by atoms with Gasteiger partial charge in [-0.05, 0) is 62.2 Å². The fraction of sp³-hybridized carbons (Fsp3) is 0.409. The van der Waals surface area contributed by atoms with Gasteiger partial charge in [0.05, 0.1) is 5.56 Å². The lowest BCUT2D eigenvalue weighted by molar-refractivity contribution is -0.139. The van der Waals surface area contributed by atoms with Crippen LogP contribution in [0.4, 0.5) is 13.2 Å². The molecule has 0 aliphatic carbocycles. The lowest BCUT2D eigenvalue weighted by Gasteiger charge is -2.38. The molecule has 29 heavy (non-hydrogen) atoms. The van der Waals surface area contributed by atoms with Crippen LogP contribution in [0.1, 0.15) is 24.0 Å². The van der Waals surface area contributed by atoms with Gasteiger partial charge in [-0.15, -0.1) is 0 Å². The third kappa shape index (κ3) is 5.73. The summed E-state index contributed by atoms with van der Waals surface area (Å²) in [6.07, 6.45) is -1.31. The number of piperidine rings is 1. The van der Waals surface area contributed by atoms with Gasteiger partial charge in [-0.2, -0.15) is 13.2 Å². The van der Waals surface area contributed by atoms with Gasteiger partial charge >= 0.3 is 6.18 Å². The van der Waals surface area contributed by atoms with E-state index in [0.717, 1.165) is 17.9 Å². The molecule has 1 heterocycles. The molecule has 1 saturated heterocycles. The molecule has 0 radical (unpaired) electrons. The molecule has 2 aromatic carbocycles. The second-order valence-electron chi connectivity index (χ2n) is 7.47. The van der Waals surface area contributed by atoms with Crippen LogP contribution in [0, 0.1) is 5.41 Å². The average Bonchev–Trinajstić information content (AvgIpc) is 2.71. The van der Waals surface area contributed by atoms with Crippen molar-refractivity contribution in [1.82, 2.24) is 4.90 Å². The van der Waals surface area contributed by atoms with Crippen LogP contribution in [0.2, 0.25) is 5.02 Å². The van der Waals surface area contributed by atoms with Gasteiger partial charge in [-0.25, -0.2) is 0 Å². The molecule has 0 atom stereocenters. The largest absolute Gasteiger partial charge is 0.492 e. The fourth-order valence-electron chi connectivity index (χ4n) is 3.68. The van der Waals surface area contributed by atoms with E-state index < -0.39 is 17.2 Å². The van der Waals surface area contributed by atoms with Gasteiger partial charge in [0.2, 0.25) is 0 Å². The Balaban J connectivity index is 1.51. The topological polar surface area (TPSA) is 29.5 Å². The molecule has 3 nitrogen and oxygen atoms in total. The number of likely N-dealkylation sites (tertiary alicyclic amines) is 1. The number of halogens is 4. The maximum atomic E-state index is 13.0. The van der Waals surface area contributed by atoms with Crippen LogP contribution in [-0.4, -0.2) is 37.4 Å². The number of benzene rings is 2. The summed E-state index contributed by atoms with van der Waals surface area (Å²) in [7, 11) is 0. The number of para-hydroxylation sites is 1. The van der Waals surface area contributed by atoms with Gasteiger partial charge in [-0.1, -0.05) is 35.9 Å². The van der Waals surface area contributed by atoms with Crippen molar-refractivity contribution in [3.8, 4) is 5.75 Å². The number of ether oxygens (including phenoxy) is 1. The quantitative estimate of drug-likeness (QED) is 0.566. The Labute approximate surface area is 173 Å². The van der Waals surface area contributed by atoms with Crippen molar-refractivity contribution in [3.05, 3.63) is 64.7 Å². The summed E-state index contributed by atoms with van der Waals surface area (Å²) >= 11 is 5.92. The molecule has 0 unspecified atom stereocenters. The molecule has 3 rings (SSSR count). The first-order valence-electron chi connectivity index (χ1n) is 9.53. The van der Waals surface area contributed by atoms with Crippen LogP contribution >= 0.6 is 11.6 Å². The van der Waals surface area contributed by atoms with Crippen LogP contribution in [0.15, 0.2) is 48.5 Å². The van der Waals surface area contributed by atoms with Gasteiger partial charge in [0, 0.05) is 17.0 Å². The molecule has 1 aliphatic heterocycles. The van der Waals surface area contributed by atoms with Crippen LogP contribution in [0.5, 0.6) is 5.75 Å². The standard InChI is InChI=1S/C22H23ClF3NO2/c23-18-7-5-17(6-8-18)15-21(16-28)9-11-27(12-10-21)13-14-29-20-4-2-1-3-19(20)22(24,25)26/h1-8,16H,9-15H2. The number of rotatable bonds is 7. The molecule has 0 amide bonds. The van der Waals surface area contributed by atoms with E-state index in [1.807, 2.05) is 24.3 Å². The number of aldehydes is 1. The highest BCUT2D eigenvalue weighted by molar-refractivity contribution is 6.30. The van der Waals surface area contributed by atoms with E-state index >= 15 is 0 Å². The van der Waals surface area contributed by atoms with E-state index in [9.17, 15) is 18.0 Å². The summed E-state index contributed by atoms with van der Waals surface area (Å²) in [6, 6.07) is 12.7. The zero-order valence-corrected chi connectivity index (χ0v) is 16.7. The molecular weight excluding hydrogens is 403 g/mol. The molecule has 1 fully saturated rings. The highest BCUT2D eigenvalue weighted by atomic mass is 35.5. The Morgan fingerprint density at radius 3 is 2.34 bits per heavy atom. The Kier molecular flexibility index (Phi) is 6.85. The van der Waals surface area contributed by atoms with Gasteiger partial charge in [0.15, 0.2) is 0 Å². The van der Waals surface area contributed by atoms with Gasteiger partial charge < -0.3 is 9.53 Å². The maximum Gasteiger partial charge on any atom is 0.419 e. The molecule has 2 aromatic rings. The number of hydrogen-bond acceptors (Lipinski definition) is 3. The lowest BCUT2D eigenvalue weighted by Crippen LogP contribution is -2.43. The smallest absolute Gasteiger partial charge is 0.419 e. The summed E-state index contributed by atoms with van der Waals surface area (Å²) in [6.45, 7) is 2.09. The van der Waals surface area contributed by atoms with Gasteiger partial charge in [0.1, 0.15) is 18.6 Å². The van der Waals surface area contributed by atoms with Crippen molar-refractivity contribution < 1.29 is 22.7 Å². The van der Waals surface area contributed by atoms with Gasteiger partial charge in [-0.3, -0.25) is 4.90 Å². The molecule has 1 aliphatic rings. The normalized spacial score (nSPS) is 17.1. The fourth-order valence-corrected chi connectivity index (χ4v) is 3.80. The van der Waals surface area contributed by atoms with E-state index in [2.05, 4.69) is 4.90 Å². The van der Waals surface area contributed by atoms with Crippen molar-refractivity contribution in [3.63, 3.8) is 0 Å². The van der Waals surface area contributed by atoms with Crippen molar-refractivity contribution in [2.75, 3.05) is 26.2 Å². The van der Waals surface area contributed by atoms with Crippen molar-refractivity contribution in [2.24, 2.45) is 5.41 Å². The predicted octanol–water partition coefficient (Wildman–Crippen LogP) is 5.26. The Morgan fingerprint density at radius 1 is 1.07 bits per heavy atom. The van der Waals surface area contributed by atoms with Crippen LogP contribution in [0.25, 0.3) is 0 Å². The summed E-state index contributed by atoms with van der Waals surface area (Å²) in [5.74, 6) is -0.151. The molecule has 0 bridgehead atoms. The molecule has 7 heteroatoms. The number of hydrogen-bond donors (Lipinski definition) is 0. The first kappa shape index (κ1) is 21.7. The summed E-state index contributed by atoms with van der Waals surface area (Å²) in [5.41, 5.74) is -0.0998. The van der Waals surface area contributed by atoms with Gasteiger partial charge in [0.25, 0.3) is 0 Å². The van der Waals surface area contributed by atoms with E-state index in [0.29, 0.717) is 43.9 Å². The molecule has 0 spiro atoms. The van der Waals surface area contributed by atoms with Crippen LogP contribution in [-0.2, 0) is 17.4 Å². The van der Waals surface area contributed by atoms with E-state index in [-0.39, 0.29) is 12.4 Å². The number of carbonyl (C=O) groups excluding carboxylic acids is 1. The first-order valence-corrected chi connectivity index (χ1v) is 9.91. The molecule has 156 valence electrons. The zero-order chi connectivity index (χ0) is 20.9. The first-order chi connectivity index (χ1) is 13.8. The van der Waals surface area contributed by atoms with Crippen molar-refractivity contribution in [2.45, 2.75) is 25.4 Å². The van der Waals surface area contributed by atoms with E-state index in [1.54, 1.807) is 0 Å². The van der Waals surface area contributed by atoms with E-state index in [1.165, 1.54) is 18.2 Å². The molecule has 0 N–H and O–H groups in total. The Morgan fingerprint density at radius 2 is 1.72 bits per heavy atom. The third-order valence-corrected chi connectivity index (χ3v) is 5.68. The molecule has 0 aromatic heterocycles. The second-order valence-corrected chi connectivity index (χ2v) is 7.90. The third-order valence-electron chi connectivity index (χ3n) is 5.43. The lowest BCUT2D eigenvalue weighted by atomic mass is 9.75. The Hall–Kier alpha value is -2.05. The minimum Gasteiger partial charge on any atom is -0.492 e. The number of nitrogens with zero attached hydrogens (tertiary/aromatic N) is 1. The van der Waals surface area contributed by atoms with Crippen LogP contribution < -0.4 is 4.74 Å². The summed E-state index contributed by atoms with van der Waals surface area (Å²) in [5, 5.41) is 0.663. The minimum atomic E-state index is -4.44. The number of alkyl halides is 3. The molecule has 0 saturated carbocycles. The number of carbonyl (C=O) groups is 1. The van der Waals surface area contributed by atoms with Crippen molar-refractivity contribution in [1.29, 1.82) is 0 Å². The maximum absolute atomic E-state index is 13.0. The monoisotopic (exact) mass is 425 g/mol. The highest BCUT2D eigenvalue weighted by Crippen LogP contribution is 2.36. The van der Waals surface area contributed by atoms with Crippen LogP contribution in [0.3, 0.4) is 0 Å². The minimum absolute atomic E-state index is 0.151. The Bertz CT molecular complexity index is 816. The zero-order valence-electron chi connectivity index (χ0n) is 15.9. The van der Waals surface area contributed by atoms with E-state index in [4.69, 9.17) is 16.3 Å². The predicted molar refractivity (Wildman–Crippen MR) is 106 cm³/mol. The van der Waals surface area contributed by atoms with Crippen molar-refractivity contribution >= 4 is 17.9 Å². The molecular formula is C22H23ClF3NO2. The average molecular weight is 426 g/mol. The summed E-state index contributed by atoms with van der Waals surface area (Å²) in [4.78, 5) is 13.9. The second kappa shape index (κ2) is 9.18. The highest BCUT2D eigenvalue weighted by Gasteiger charge is 2.35. The SMILES string of the molecule is O=CC1(Cc2ccc(Cl)cc2)CCN(CCOc2ccccc2C(F)(F)F)CC1.